The summed E-state index contributed by atoms with van der Waals surface area (Å²) in [5.74, 6) is 0.660. The Bertz CT molecular complexity index is 840. The Morgan fingerprint density at radius 1 is 1.42 bits per heavy atom. The second-order valence-electron chi connectivity index (χ2n) is 6.53. The highest BCUT2D eigenvalue weighted by molar-refractivity contribution is 6.32. The molecule has 0 radical (unpaired) electrons. The van der Waals surface area contributed by atoms with E-state index in [1.54, 1.807) is 39.1 Å². The first-order valence-electron chi connectivity index (χ1n) is 7.82. The maximum absolute atomic E-state index is 12.1. The number of nitrogens with one attached hydrogen (secondary N) is 1. The third kappa shape index (κ3) is 5.13. The number of ether oxygens (including phenoxy) is 2. The van der Waals surface area contributed by atoms with Crippen molar-refractivity contribution in [2.24, 2.45) is 5.10 Å². The Morgan fingerprint density at radius 3 is 2.65 bits per heavy atom. The number of carbonyl (C=O) groups excluding carboxylic acids is 1. The van der Waals surface area contributed by atoms with Gasteiger partial charge in [0.05, 0.1) is 35.9 Å². The lowest BCUT2D eigenvalue weighted by atomic mass is 10.2. The standard InChI is InChI=1S/C17H22ClN5O3/c1-10-9-23(15(19)21-10)20-8-11-6-12(18)14(25-5)7-13(11)22-16(24)26-17(2,3)4/h6-9H,1-5H3,(H2,19,21)(H,22,24). The number of rotatable bonds is 4. The van der Waals surface area contributed by atoms with Crippen molar-refractivity contribution in [3.8, 4) is 5.75 Å². The second kappa shape index (κ2) is 7.65. The van der Waals surface area contributed by atoms with E-state index in [9.17, 15) is 4.79 Å². The van der Waals surface area contributed by atoms with E-state index in [2.05, 4.69) is 15.4 Å². The minimum Gasteiger partial charge on any atom is -0.495 e. The zero-order valence-corrected chi connectivity index (χ0v) is 16.1. The van der Waals surface area contributed by atoms with Crippen molar-refractivity contribution in [1.82, 2.24) is 9.66 Å². The van der Waals surface area contributed by atoms with E-state index in [-0.39, 0.29) is 5.95 Å². The summed E-state index contributed by atoms with van der Waals surface area (Å²) in [6.07, 6.45) is 2.59. The van der Waals surface area contributed by atoms with Gasteiger partial charge < -0.3 is 15.2 Å². The highest BCUT2D eigenvalue weighted by Crippen LogP contribution is 2.31. The first kappa shape index (κ1) is 19.6. The van der Waals surface area contributed by atoms with E-state index >= 15 is 0 Å². The zero-order chi connectivity index (χ0) is 19.5. The first-order chi connectivity index (χ1) is 12.1. The van der Waals surface area contributed by atoms with Gasteiger partial charge in [-0.15, -0.1) is 0 Å². The average Bonchev–Trinajstić information content (AvgIpc) is 2.83. The maximum Gasteiger partial charge on any atom is 0.412 e. The van der Waals surface area contributed by atoms with E-state index in [0.717, 1.165) is 5.69 Å². The third-order valence-electron chi connectivity index (χ3n) is 3.12. The molecule has 0 atom stereocenters. The minimum absolute atomic E-state index is 0.250. The van der Waals surface area contributed by atoms with Crippen molar-refractivity contribution < 1.29 is 14.3 Å². The summed E-state index contributed by atoms with van der Waals surface area (Å²) in [7, 11) is 1.49. The highest BCUT2D eigenvalue weighted by Gasteiger charge is 2.18. The molecular formula is C17H22ClN5O3. The van der Waals surface area contributed by atoms with Crippen molar-refractivity contribution in [1.29, 1.82) is 0 Å². The van der Waals surface area contributed by atoms with Crippen LogP contribution in [0.2, 0.25) is 5.02 Å². The molecule has 0 saturated carbocycles. The lowest BCUT2D eigenvalue weighted by Gasteiger charge is -2.20. The van der Waals surface area contributed by atoms with Crippen LogP contribution in [0.5, 0.6) is 5.75 Å². The second-order valence-corrected chi connectivity index (χ2v) is 6.94. The monoisotopic (exact) mass is 379 g/mol. The molecule has 1 aromatic heterocycles. The molecule has 0 aliphatic rings. The molecule has 3 N–H and O–H groups in total. The number of imidazole rings is 1. The van der Waals surface area contributed by atoms with Gasteiger partial charge in [0.15, 0.2) is 0 Å². The number of nitrogens with two attached hydrogens (primary N) is 1. The maximum atomic E-state index is 12.1. The summed E-state index contributed by atoms with van der Waals surface area (Å²) in [4.78, 5) is 16.2. The number of aromatic nitrogens is 2. The van der Waals surface area contributed by atoms with E-state index in [4.69, 9.17) is 26.8 Å². The minimum atomic E-state index is -0.627. The number of anilines is 2. The quantitative estimate of drug-likeness (QED) is 0.789. The fourth-order valence-corrected chi connectivity index (χ4v) is 2.32. The molecule has 1 heterocycles. The Kier molecular flexibility index (Phi) is 5.76. The molecule has 0 aliphatic heterocycles. The molecule has 1 amide bonds. The molecule has 0 bridgehead atoms. The van der Waals surface area contributed by atoms with Crippen LogP contribution in [-0.4, -0.2) is 34.7 Å². The molecule has 1 aromatic carbocycles. The molecular weight excluding hydrogens is 358 g/mol. The Balaban J connectivity index is 2.36. The lowest BCUT2D eigenvalue weighted by Crippen LogP contribution is -2.27. The summed E-state index contributed by atoms with van der Waals surface area (Å²) >= 11 is 6.19. The Labute approximate surface area is 156 Å². The van der Waals surface area contributed by atoms with Gasteiger partial charge in [0, 0.05) is 11.6 Å². The average molecular weight is 380 g/mol. The van der Waals surface area contributed by atoms with E-state index in [1.165, 1.54) is 18.0 Å². The van der Waals surface area contributed by atoms with Crippen molar-refractivity contribution in [2.45, 2.75) is 33.3 Å². The Hall–Kier alpha value is -2.74. The van der Waals surface area contributed by atoms with Gasteiger partial charge in [0.2, 0.25) is 5.95 Å². The topological polar surface area (TPSA) is 104 Å². The van der Waals surface area contributed by atoms with Crippen molar-refractivity contribution in [3.63, 3.8) is 0 Å². The van der Waals surface area contributed by atoms with Crippen molar-refractivity contribution >= 4 is 35.5 Å². The molecule has 9 heteroatoms. The predicted octanol–water partition coefficient (Wildman–Crippen LogP) is 3.66. The van der Waals surface area contributed by atoms with Crippen LogP contribution in [-0.2, 0) is 4.74 Å². The third-order valence-corrected chi connectivity index (χ3v) is 3.41. The zero-order valence-electron chi connectivity index (χ0n) is 15.3. The van der Waals surface area contributed by atoms with Gasteiger partial charge in [-0.3, -0.25) is 5.32 Å². The molecule has 2 rings (SSSR count). The molecule has 140 valence electrons. The van der Waals surface area contributed by atoms with Crippen LogP contribution < -0.4 is 15.8 Å². The number of hydrogen-bond acceptors (Lipinski definition) is 6. The number of nitrogens with zero attached hydrogens (tertiary/aromatic N) is 3. The summed E-state index contributed by atoms with van der Waals surface area (Å²) in [5, 5.41) is 7.30. The smallest absolute Gasteiger partial charge is 0.412 e. The SMILES string of the molecule is COc1cc(NC(=O)OC(C)(C)C)c(C=Nn2cc(C)nc2N)cc1Cl. The van der Waals surface area contributed by atoms with E-state index < -0.39 is 11.7 Å². The lowest BCUT2D eigenvalue weighted by molar-refractivity contribution is 0.0636. The summed E-state index contributed by atoms with van der Waals surface area (Å²) in [5.41, 5.74) is 6.86. The molecule has 0 fully saturated rings. The van der Waals surface area contributed by atoms with E-state index in [1.807, 2.05) is 6.92 Å². The molecule has 0 saturated heterocycles. The molecule has 8 nitrogen and oxygen atoms in total. The fourth-order valence-electron chi connectivity index (χ4n) is 2.07. The molecule has 0 unspecified atom stereocenters. The van der Waals surface area contributed by atoms with Crippen molar-refractivity contribution in [2.75, 3.05) is 18.2 Å². The number of hydrogen-bond donors (Lipinski definition) is 2. The van der Waals surface area contributed by atoms with Gasteiger partial charge in [-0.05, 0) is 33.8 Å². The normalized spacial score (nSPS) is 11.6. The van der Waals surface area contributed by atoms with Crippen LogP contribution in [0.1, 0.15) is 32.0 Å². The molecule has 0 spiro atoms. The highest BCUT2D eigenvalue weighted by atomic mass is 35.5. The van der Waals surface area contributed by atoms with Gasteiger partial charge in [0.1, 0.15) is 11.4 Å². The number of nitrogen functional groups attached to an aromatic ring is 1. The van der Waals surface area contributed by atoms with Crippen LogP contribution in [0.3, 0.4) is 0 Å². The van der Waals surface area contributed by atoms with E-state index in [0.29, 0.717) is 22.0 Å². The number of carbonyl (C=O) groups is 1. The predicted molar refractivity (Wildman–Crippen MR) is 102 cm³/mol. The number of halogens is 1. The van der Waals surface area contributed by atoms with Crippen LogP contribution in [0.25, 0.3) is 0 Å². The molecule has 26 heavy (non-hydrogen) atoms. The number of benzene rings is 1. The van der Waals surface area contributed by atoms with Crippen LogP contribution >= 0.6 is 11.6 Å². The summed E-state index contributed by atoms with van der Waals surface area (Å²) in [6.45, 7) is 7.15. The summed E-state index contributed by atoms with van der Waals surface area (Å²) < 4.78 is 11.9. The van der Waals surface area contributed by atoms with Gasteiger partial charge >= 0.3 is 6.09 Å². The number of aryl methyl sites for hydroxylation is 1. The van der Waals surface area contributed by atoms with Gasteiger partial charge in [-0.2, -0.15) is 5.10 Å². The van der Waals surface area contributed by atoms with Gasteiger partial charge in [-0.1, -0.05) is 11.6 Å². The number of methoxy groups -OCH3 is 1. The molecule has 0 aliphatic carbocycles. The first-order valence-corrected chi connectivity index (χ1v) is 8.20. The summed E-state index contributed by atoms with van der Waals surface area (Å²) in [6, 6.07) is 3.21. The van der Waals surface area contributed by atoms with Crippen LogP contribution in [0.15, 0.2) is 23.4 Å². The fraction of sp³-hybridized carbons (Fsp3) is 0.353. The van der Waals surface area contributed by atoms with Crippen LogP contribution in [0, 0.1) is 6.92 Å². The van der Waals surface area contributed by atoms with Gasteiger partial charge in [-0.25, -0.2) is 14.5 Å². The molecule has 2 aromatic rings. The van der Waals surface area contributed by atoms with Gasteiger partial charge in [0.25, 0.3) is 0 Å². The number of amides is 1. The Morgan fingerprint density at radius 2 is 2.12 bits per heavy atom. The van der Waals surface area contributed by atoms with Crippen molar-refractivity contribution in [3.05, 3.63) is 34.6 Å². The van der Waals surface area contributed by atoms with Crippen LogP contribution in [0.4, 0.5) is 16.4 Å². The largest absolute Gasteiger partial charge is 0.495 e.